The van der Waals surface area contributed by atoms with Crippen LogP contribution in [0.5, 0.6) is 5.88 Å². The molecule has 2 aromatic heterocycles. The maximum Gasteiger partial charge on any atom is 0.280 e. The van der Waals surface area contributed by atoms with Gasteiger partial charge in [-0.25, -0.2) is 4.68 Å². The molecule has 4 aliphatic heterocycles. The number of nitrogens with one attached hydrogen (secondary N) is 2. The molecular formula is C31H40N8O4S. The van der Waals surface area contributed by atoms with Crippen molar-refractivity contribution in [3.8, 4) is 17.1 Å². The molecule has 6 heterocycles. The second kappa shape index (κ2) is 11.6. The van der Waals surface area contributed by atoms with E-state index in [0.29, 0.717) is 59.5 Å². The number of thiol groups is 1. The highest BCUT2D eigenvalue weighted by atomic mass is 32.3. The predicted octanol–water partition coefficient (Wildman–Crippen LogP) is 3.09. The number of hydrogen-bond acceptors (Lipinski definition) is 9. The minimum Gasteiger partial charge on any atom is -0.477 e. The van der Waals surface area contributed by atoms with Gasteiger partial charge in [0.05, 0.1) is 54.7 Å². The van der Waals surface area contributed by atoms with Crippen molar-refractivity contribution in [2.45, 2.75) is 32.7 Å². The van der Waals surface area contributed by atoms with Crippen LogP contribution in [0.4, 0.5) is 17.1 Å². The molecule has 1 amide bonds. The number of guanidine groups is 1. The Balaban J connectivity index is 1.17. The van der Waals surface area contributed by atoms with Crippen molar-refractivity contribution in [1.29, 1.82) is 0 Å². The number of hydrogen-bond donors (Lipinski definition) is 3. The number of benzene rings is 1. The number of nitrogens with zero attached hydrogens (tertiary/aromatic N) is 6. The number of rotatable bonds is 3. The molecule has 0 radical (unpaired) electrons. The van der Waals surface area contributed by atoms with Crippen LogP contribution in [0.25, 0.3) is 11.3 Å². The van der Waals surface area contributed by atoms with Crippen LogP contribution in [0.15, 0.2) is 41.5 Å². The molecule has 0 spiro atoms. The minimum atomic E-state index is -2.58. The predicted molar refractivity (Wildman–Crippen MR) is 173 cm³/mol. The van der Waals surface area contributed by atoms with Gasteiger partial charge in [-0.2, -0.15) is 10.1 Å². The topological polar surface area (TPSA) is 126 Å². The molecule has 1 atom stereocenters. The van der Waals surface area contributed by atoms with Crippen molar-refractivity contribution in [3.05, 3.63) is 47.8 Å². The van der Waals surface area contributed by atoms with E-state index in [1.54, 1.807) is 23.0 Å². The van der Waals surface area contributed by atoms with Gasteiger partial charge in [-0.05, 0) is 66.1 Å². The first-order valence-corrected chi connectivity index (χ1v) is 17.5. The van der Waals surface area contributed by atoms with Crippen LogP contribution >= 0.6 is 0 Å². The molecule has 234 valence electrons. The van der Waals surface area contributed by atoms with E-state index in [4.69, 9.17) is 9.47 Å². The Morgan fingerprint density at radius 3 is 2.73 bits per heavy atom. The number of amides is 1. The maximum atomic E-state index is 13.8. The summed E-state index contributed by atoms with van der Waals surface area (Å²) in [5.74, 6) is 2.31. The Kier molecular flexibility index (Phi) is 7.63. The van der Waals surface area contributed by atoms with Crippen LogP contribution in [-0.2, 0) is 21.9 Å². The fourth-order valence-corrected chi connectivity index (χ4v) is 8.54. The first-order chi connectivity index (χ1) is 21.2. The van der Waals surface area contributed by atoms with Crippen LogP contribution in [0.2, 0.25) is 0 Å². The molecule has 0 saturated carbocycles. The number of anilines is 3. The fourth-order valence-electron chi connectivity index (χ4n) is 6.32. The molecule has 0 unspecified atom stereocenters. The SMILES string of the molecule is Cc1cc2cc(n1)-c1cnn(C)c1OCCC[C@@H](C)CN1/C(=N/C2=O)Nc2ccc(N[SH]3(=O)CCN(C4COC4)CC3)cc21. The molecule has 2 fully saturated rings. The zero-order valence-corrected chi connectivity index (χ0v) is 26.3. The molecule has 7 rings (SSSR count). The van der Waals surface area contributed by atoms with Crippen LogP contribution in [0.1, 0.15) is 35.8 Å². The molecule has 12 nitrogen and oxygen atoms in total. The molecule has 44 heavy (non-hydrogen) atoms. The summed E-state index contributed by atoms with van der Waals surface area (Å²) in [4.78, 5) is 27.4. The first kappa shape index (κ1) is 28.9. The third kappa shape index (κ3) is 5.71. The van der Waals surface area contributed by atoms with Gasteiger partial charge in [-0.1, -0.05) is 6.92 Å². The van der Waals surface area contributed by atoms with E-state index in [1.165, 1.54) is 0 Å². The number of pyridine rings is 1. The molecule has 4 aliphatic rings. The van der Waals surface area contributed by atoms with Crippen molar-refractivity contribution >= 4 is 39.0 Å². The number of aliphatic imine (C=N–C) groups is 1. The van der Waals surface area contributed by atoms with Crippen LogP contribution in [0, 0.1) is 12.8 Å². The molecule has 2 saturated heterocycles. The zero-order chi connectivity index (χ0) is 30.4. The lowest BCUT2D eigenvalue weighted by molar-refractivity contribution is -0.0618. The molecule has 2 bridgehead atoms. The van der Waals surface area contributed by atoms with Crippen LogP contribution in [-0.4, -0.2) is 92.7 Å². The van der Waals surface area contributed by atoms with E-state index in [-0.39, 0.29) is 11.8 Å². The first-order valence-electron chi connectivity index (χ1n) is 15.4. The zero-order valence-electron chi connectivity index (χ0n) is 25.5. The van der Waals surface area contributed by atoms with Gasteiger partial charge in [0.2, 0.25) is 11.8 Å². The molecule has 13 heteroatoms. The number of carbonyl (C=O) groups is 1. The largest absolute Gasteiger partial charge is 0.477 e. The van der Waals surface area contributed by atoms with Crippen LogP contribution < -0.4 is 19.7 Å². The molecule has 3 aromatic rings. The van der Waals surface area contributed by atoms with E-state index in [9.17, 15) is 9.00 Å². The van der Waals surface area contributed by atoms with Gasteiger partial charge >= 0.3 is 0 Å². The third-order valence-electron chi connectivity index (χ3n) is 8.90. The third-order valence-corrected chi connectivity index (χ3v) is 11.4. The van der Waals surface area contributed by atoms with Crippen molar-refractivity contribution in [2.75, 3.05) is 65.9 Å². The van der Waals surface area contributed by atoms with Gasteiger partial charge in [0.15, 0.2) is 0 Å². The number of carbonyl (C=O) groups excluding carboxylic acids is 1. The van der Waals surface area contributed by atoms with E-state index in [1.807, 2.05) is 32.2 Å². The van der Waals surface area contributed by atoms with Crippen molar-refractivity contribution in [1.82, 2.24) is 19.7 Å². The average Bonchev–Trinajstić information content (AvgIpc) is 3.49. The van der Waals surface area contributed by atoms with Crippen molar-refractivity contribution in [3.63, 3.8) is 0 Å². The highest BCUT2D eigenvalue weighted by Crippen LogP contribution is 2.37. The summed E-state index contributed by atoms with van der Waals surface area (Å²) < 4.78 is 30.5. The summed E-state index contributed by atoms with van der Waals surface area (Å²) in [6.07, 6.45) is 3.50. The highest BCUT2D eigenvalue weighted by Gasteiger charge is 2.33. The average molecular weight is 621 g/mol. The minimum absolute atomic E-state index is 0.280. The Hall–Kier alpha value is -3.81. The van der Waals surface area contributed by atoms with Gasteiger partial charge in [-0.15, -0.1) is 0 Å². The summed E-state index contributed by atoms with van der Waals surface area (Å²) >= 11 is 0. The number of fused-ring (bicyclic) bond motifs is 7. The second-order valence-corrected chi connectivity index (χ2v) is 15.2. The van der Waals surface area contributed by atoms with Gasteiger partial charge in [0.25, 0.3) is 5.91 Å². The summed E-state index contributed by atoms with van der Waals surface area (Å²) in [7, 11) is -0.734. The highest BCUT2D eigenvalue weighted by molar-refractivity contribution is 8.04. The summed E-state index contributed by atoms with van der Waals surface area (Å²) in [5.41, 5.74) is 5.11. The van der Waals surface area contributed by atoms with Gasteiger partial charge in [-0.3, -0.25) is 18.9 Å². The van der Waals surface area contributed by atoms with Crippen molar-refractivity contribution in [2.24, 2.45) is 18.0 Å². The van der Waals surface area contributed by atoms with Gasteiger partial charge in [0.1, 0.15) is 0 Å². The quantitative estimate of drug-likeness (QED) is 0.379. The normalized spacial score (nSPS) is 24.2. The molecule has 0 aliphatic carbocycles. The smallest absolute Gasteiger partial charge is 0.280 e. The molecule has 1 aromatic carbocycles. The number of aromatic nitrogens is 3. The van der Waals surface area contributed by atoms with Crippen LogP contribution in [0.3, 0.4) is 0 Å². The lowest BCUT2D eigenvalue weighted by Gasteiger charge is -2.43. The van der Waals surface area contributed by atoms with E-state index in [2.05, 4.69) is 41.8 Å². The second-order valence-electron chi connectivity index (χ2n) is 12.3. The lowest BCUT2D eigenvalue weighted by Crippen LogP contribution is -2.56. The monoisotopic (exact) mass is 620 g/mol. The molecule has 2 N–H and O–H groups in total. The maximum absolute atomic E-state index is 13.8. The molecular weight excluding hydrogens is 580 g/mol. The number of aryl methyl sites for hydroxylation is 2. The Morgan fingerprint density at radius 1 is 1.14 bits per heavy atom. The van der Waals surface area contributed by atoms with Gasteiger partial charge in [0, 0.05) is 55.1 Å². The van der Waals surface area contributed by atoms with E-state index < -0.39 is 10.1 Å². The van der Waals surface area contributed by atoms with E-state index in [0.717, 1.165) is 61.8 Å². The van der Waals surface area contributed by atoms with Gasteiger partial charge < -0.3 is 24.4 Å². The fraction of sp³-hybridized carbons (Fsp3) is 0.484. The Bertz CT molecular complexity index is 1660. The standard InChI is InChI=1S/C31H40N8O4S/c1-20-5-4-10-43-30-25(16-32-37(30)3)27-14-22(13-21(2)33-27)29(40)35-31-34-26-7-6-23(15-28(26)39(31)17-20)36-44(41)11-8-38(9-12-44)24-18-42-19-24/h6-7,13-16,20,24,44H,4-5,8-12,17-19H2,1-3H3,(H,36,41)(H,34,35,40)/t20-/m1/s1. The Morgan fingerprint density at radius 2 is 1.95 bits per heavy atom. The number of ether oxygens (including phenoxy) is 2. The van der Waals surface area contributed by atoms with E-state index >= 15 is 0 Å². The lowest BCUT2D eigenvalue weighted by atomic mass is 10.1. The summed E-state index contributed by atoms with van der Waals surface area (Å²) in [5, 5.41) is 7.76. The summed E-state index contributed by atoms with van der Waals surface area (Å²) in [6, 6.07) is 9.93. The summed E-state index contributed by atoms with van der Waals surface area (Å²) in [6.45, 7) is 8.43. The Labute approximate surface area is 258 Å². The van der Waals surface area contributed by atoms with Crippen molar-refractivity contribution < 1.29 is 18.5 Å².